The summed E-state index contributed by atoms with van der Waals surface area (Å²) in [5, 5.41) is 9.40. The van der Waals surface area contributed by atoms with E-state index >= 15 is 0 Å². The van der Waals surface area contributed by atoms with Crippen molar-refractivity contribution in [3.05, 3.63) is 59.9 Å². The van der Waals surface area contributed by atoms with Crippen molar-refractivity contribution in [1.82, 2.24) is 10.2 Å². The smallest absolute Gasteiger partial charge is 0.322 e. The quantitative estimate of drug-likeness (QED) is 0.766. The van der Waals surface area contributed by atoms with Crippen molar-refractivity contribution in [2.75, 3.05) is 11.9 Å². The summed E-state index contributed by atoms with van der Waals surface area (Å²) >= 11 is 0. The molecule has 0 aliphatic carbocycles. The van der Waals surface area contributed by atoms with Crippen LogP contribution in [-0.4, -0.2) is 22.7 Å². The van der Waals surface area contributed by atoms with Crippen molar-refractivity contribution in [2.45, 2.75) is 0 Å². The fraction of sp³-hybridized carbons (Fsp3) is 0.0625. The first-order chi connectivity index (χ1) is 12.0. The Morgan fingerprint density at radius 1 is 1.04 bits per heavy atom. The number of halogens is 3. The zero-order valence-corrected chi connectivity index (χ0v) is 12.5. The lowest BCUT2D eigenvalue weighted by Crippen LogP contribution is -2.20. The highest BCUT2D eigenvalue weighted by Gasteiger charge is 2.15. The minimum absolute atomic E-state index is 0.100. The van der Waals surface area contributed by atoms with Crippen LogP contribution in [0.1, 0.15) is 0 Å². The fourth-order valence-electron chi connectivity index (χ4n) is 1.88. The van der Waals surface area contributed by atoms with Crippen molar-refractivity contribution >= 4 is 11.9 Å². The van der Waals surface area contributed by atoms with Gasteiger partial charge in [-0.15, -0.1) is 5.10 Å². The molecule has 3 aromatic rings. The highest BCUT2D eigenvalue weighted by Crippen LogP contribution is 2.23. The highest BCUT2D eigenvalue weighted by atomic mass is 19.1. The average molecular weight is 349 g/mol. The zero-order valence-electron chi connectivity index (χ0n) is 12.5. The second kappa shape index (κ2) is 7.04. The second-order valence-electron chi connectivity index (χ2n) is 4.83. The number of carbonyl (C=O) groups is 1. The molecule has 128 valence electrons. The van der Waals surface area contributed by atoms with Crippen molar-refractivity contribution in [2.24, 2.45) is 0 Å². The number of aromatic nitrogens is 2. The van der Waals surface area contributed by atoms with E-state index in [-0.39, 0.29) is 24.1 Å². The summed E-state index contributed by atoms with van der Waals surface area (Å²) in [7, 11) is 0. The molecule has 0 radical (unpaired) electrons. The van der Waals surface area contributed by atoms with E-state index < -0.39 is 23.4 Å². The molecule has 0 saturated heterocycles. The maximum Gasteiger partial charge on any atom is 0.322 e. The monoisotopic (exact) mass is 349 g/mol. The number of hydrogen-bond acceptors (Lipinski definition) is 5. The summed E-state index contributed by atoms with van der Waals surface area (Å²) in [5.74, 6) is -2.57. The van der Waals surface area contributed by atoms with Crippen LogP contribution in [-0.2, 0) is 4.79 Å². The number of ether oxygens (including phenoxy) is 1. The van der Waals surface area contributed by atoms with Gasteiger partial charge in [0.1, 0.15) is 23.2 Å². The molecule has 9 heteroatoms. The molecule has 3 rings (SSSR count). The van der Waals surface area contributed by atoms with Crippen LogP contribution in [0.25, 0.3) is 11.5 Å². The molecule has 6 nitrogen and oxygen atoms in total. The predicted octanol–water partition coefficient (Wildman–Crippen LogP) is 3.17. The standard InChI is InChI=1S/C16H10F3N3O3/c17-9-1-4-11(5-2-9)24-8-14(23)20-16-22-21-15(25-16)12-6-3-10(18)7-13(12)19/h1-7H,8H2,(H,20,22,23). The van der Waals surface area contributed by atoms with Crippen LogP contribution < -0.4 is 10.1 Å². The molecular weight excluding hydrogens is 339 g/mol. The Morgan fingerprint density at radius 3 is 2.48 bits per heavy atom. The number of amides is 1. The largest absolute Gasteiger partial charge is 0.484 e. The van der Waals surface area contributed by atoms with Gasteiger partial charge in [-0.3, -0.25) is 10.1 Å². The number of carbonyl (C=O) groups excluding carboxylic acids is 1. The summed E-state index contributed by atoms with van der Waals surface area (Å²) in [6.45, 7) is -0.381. The molecule has 0 unspecified atom stereocenters. The summed E-state index contributed by atoms with van der Waals surface area (Å²) in [5.41, 5.74) is -0.100. The average Bonchev–Trinajstić information content (AvgIpc) is 3.02. The second-order valence-corrected chi connectivity index (χ2v) is 4.83. The van der Waals surface area contributed by atoms with Gasteiger partial charge in [-0.25, -0.2) is 13.2 Å². The minimum Gasteiger partial charge on any atom is -0.484 e. The van der Waals surface area contributed by atoms with Crippen LogP contribution in [0, 0.1) is 17.5 Å². The molecule has 2 aromatic carbocycles. The molecule has 0 bridgehead atoms. The third kappa shape index (κ3) is 4.14. The van der Waals surface area contributed by atoms with Gasteiger partial charge in [0.2, 0.25) is 0 Å². The Kier molecular flexibility index (Phi) is 4.64. The van der Waals surface area contributed by atoms with Crippen LogP contribution in [0.4, 0.5) is 19.2 Å². The van der Waals surface area contributed by atoms with Crippen molar-refractivity contribution in [3.8, 4) is 17.2 Å². The first-order valence-corrected chi connectivity index (χ1v) is 6.98. The van der Waals surface area contributed by atoms with E-state index in [1.807, 2.05) is 0 Å². The maximum atomic E-state index is 13.6. The third-order valence-corrected chi connectivity index (χ3v) is 3.02. The van der Waals surface area contributed by atoms with Gasteiger partial charge in [-0.05, 0) is 36.4 Å². The number of rotatable bonds is 5. The van der Waals surface area contributed by atoms with E-state index in [1.54, 1.807) is 0 Å². The fourth-order valence-corrected chi connectivity index (χ4v) is 1.88. The van der Waals surface area contributed by atoms with Gasteiger partial charge in [0, 0.05) is 6.07 Å². The Hall–Kier alpha value is -3.36. The summed E-state index contributed by atoms with van der Waals surface area (Å²) < 4.78 is 49.5. The van der Waals surface area contributed by atoms with E-state index in [4.69, 9.17) is 9.15 Å². The van der Waals surface area contributed by atoms with Gasteiger partial charge in [0.25, 0.3) is 11.8 Å². The number of benzene rings is 2. The summed E-state index contributed by atoms with van der Waals surface area (Å²) in [4.78, 5) is 11.7. The van der Waals surface area contributed by atoms with E-state index in [2.05, 4.69) is 15.5 Å². The lowest BCUT2D eigenvalue weighted by Gasteiger charge is -2.04. The summed E-state index contributed by atoms with van der Waals surface area (Å²) in [6.07, 6.45) is 0. The van der Waals surface area contributed by atoms with Crippen LogP contribution in [0.3, 0.4) is 0 Å². The van der Waals surface area contributed by atoms with Crippen molar-refractivity contribution in [1.29, 1.82) is 0 Å². The molecule has 0 atom stereocenters. The molecular formula is C16H10F3N3O3. The van der Waals surface area contributed by atoms with Crippen molar-refractivity contribution in [3.63, 3.8) is 0 Å². The van der Waals surface area contributed by atoms with Gasteiger partial charge >= 0.3 is 6.01 Å². The SMILES string of the molecule is O=C(COc1ccc(F)cc1)Nc1nnc(-c2ccc(F)cc2F)o1. The first kappa shape index (κ1) is 16.5. The van der Waals surface area contributed by atoms with E-state index in [9.17, 15) is 18.0 Å². The molecule has 0 aliphatic heterocycles. The molecule has 1 aromatic heterocycles. The molecule has 0 fully saturated rings. The Bertz CT molecular complexity index is 897. The molecule has 0 aliphatic rings. The number of hydrogen-bond donors (Lipinski definition) is 1. The zero-order chi connectivity index (χ0) is 17.8. The Morgan fingerprint density at radius 2 is 1.76 bits per heavy atom. The highest BCUT2D eigenvalue weighted by molar-refractivity contribution is 5.89. The molecule has 0 saturated carbocycles. The van der Waals surface area contributed by atoms with Gasteiger partial charge in [-0.2, -0.15) is 0 Å². The molecule has 1 N–H and O–H groups in total. The van der Waals surface area contributed by atoms with Gasteiger partial charge in [-0.1, -0.05) is 5.10 Å². The minimum atomic E-state index is -0.874. The topological polar surface area (TPSA) is 77.2 Å². The van der Waals surface area contributed by atoms with Gasteiger partial charge < -0.3 is 9.15 Å². The summed E-state index contributed by atoms with van der Waals surface area (Å²) in [6, 6.07) is 7.69. The van der Waals surface area contributed by atoms with E-state index in [0.29, 0.717) is 11.8 Å². The number of nitrogens with zero attached hydrogens (tertiary/aromatic N) is 2. The van der Waals surface area contributed by atoms with Gasteiger partial charge in [0.15, 0.2) is 6.61 Å². The lowest BCUT2D eigenvalue weighted by molar-refractivity contribution is -0.118. The first-order valence-electron chi connectivity index (χ1n) is 6.98. The Labute approximate surface area is 139 Å². The molecule has 1 amide bonds. The van der Waals surface area contributed by atoms with Crippen molar-refractivity contribution < 1.29 is 27.1 Å². The van der Waals surface area contributed by atoms with Crippen LogP contribution >= 0.6 is 0 Å². The molecule has 0 spiro atoms. The molecule has 1 heterocycles. The Balaban J connectivity index is 1.60. The van der Waals surface area contributed by atoms with Crippen LogP contribution in [0.5, 0.6) is 5.75 Å². The maximum absolute atomic E-state index is 13.6. The lowest BCUT2D eigenvalue weighted by atomic mass is 10.2. The normalized spacial score (nSPS) is 10.5. The van der Waals surface area contributed by atoms with Gasteiger partial charge in [0.05, 0.1) is 5.56 Å². The number of nitrogens with one attached hydrogen (secondary N) is 1. The predicted molar refractivity (Wildman–Crippen MR) is 80.2 cm³/mol. The van der Waals surface area contributed by atoms with Crippen LogP contribution in [0.2, 0.25) is 0 Å². The van der Waals surface area contributed by atoms with E-state index in [1.165, 1.54) is 24.3 Å². The number of anilines is 1. The third-order valence-electron chi connectivity index (χ3n) is 3.02. The van der Waals surface area contributed by atoms with E-state index in [0.717, 1.165) is 12.1 Å². The van der Waals surface area contributed by atoms with Crippen LogP contribution in [0.15, 0.2) is 46.9 Å². The molecule has 25 heavy (non-hydrogen) atoms.